The Bertz CT molecular complexity index is 552. The number of alkyl carbamates (subject to hydrolysis) is 1. The maximum absolute atomic E-state index is 11.9. The number of nitrogens with zero attached hydrogens (tertiary/aromatic N) is 1. The van der Waals surface area contributed by atoms with Crippen LogP contribution in [0, 0.1) is 17.2 Å². The number of rotatable bonds is 6. The van der Waals surface area contributed by atoms with Crippen LogP contribution in [0.3, 0.4) is 0 Å². The normalized spacial score (nSPS) is 15.9. The Hall–Kier alpha value is -1.58. The van der Waals surface area contributed by atoms with Crippen LogP contribution in [0.25, 0.3) is 0 Å². The second-order valence-corrected chi connectivity index (χ2v) is 7.77. The molecular weight excluding hydrogens is 298 g/mol. The number of amides is 1. The molecule has 1 amide bonds. The number of nitriles is 1. The van der Waals surface area contributed by atoms with E-state index in [0.717, 1.165) is 22.6 Å². The highest BCUT2D eigenvalue weighted by atomic mass is 32.1. The molecule has 5 nitrogen and oxygen atoms in total. The Morgan fingerprint density at radius 3 is 2.77 bits per heavy atom. The van der Waals surface area contributed by atoms with Crippen LogP contribution < -0.4 is 10.6 Å². The first-order chi connectivity index (χ1) is 10.4. The SMILES string of the molecule is CC(C)(C)OC(=O)NC(CNCc1ccc(C#N)s1)C1CC1. The predicted molar refractivity (Wildman–Crippen MR) is 86.6 cm³/mol. The van der Waals surface area contributed by atoms with Gasteiger partial charge in [-0.1, -0.05) is 0 Å². The molecule has 0 aromatic carbocycles. The van der Waals surface area contributed by atoms with E-state index >= 15 is 0 Å². The highest BCUT2D eigenvalue weighted by molar-refractivity contribution is 7.12. The van der Waals surface area contributed by atoms with E-state index < -0.39 is 5.60 Å². The minimum absolute atomic E-state index is 0.102. The molecule has 0 bridgehead atoms. The van der Waals surface area contributed by atoms with E-state index in [9.17, 15) is 4.79 Å². The molecule has 0 aliphatic heterocycles. The largest absolute Gasteiger partial charge is 0.444 e. The highest BCUT2D eigenvalue weighted by Gasteiger charge is 2.33. The molecule has 1 atom stereocenters. The molecule has 1 unspecified atom stereocenters. The minimum atomic E-state index is -0.476. The summed E-state index contributed by atoms with van der Waals surface area (Å²) in [5.41, 5.74) is -0.476. The zero-order chi connectivity index (χ0) is 16.2. The van der Waals surface area contributed by atoms with Gasteiger partial charge in [-0.05, 0) is 51.7 Å². The number of carbonyl (C=O) groups is 1. The lowest BCUT2D eigenvalue weighted by Gasteiger charge is -2.23. The fourth-order valence-electron chi connectivity index (χ4n) is 2.18. The molecule has 1 aromatic heterocycles. The molecule has 1 aliphatic carbocycles. The first-order valence-electron chi connectivity index (χ1n) is 7.56. The summed E-state index contributed by atoms with van der Waals surface area (Å²) >= 11 is 1.49. The van der Waals surface area contributed by atoms with E-state index in [1.807, 2.05) is 32.9 Å². The van der Waals surface area contributed by atoms with E-state index in [1.54, 1.807) is 0 Å². The van der Waals surface area contributed by atoms with E-state index in [0.29, 0.717) is 19.0 Å². The molecule has 1 fully saturated rings. The van der Waals surface area contributed by atoms with Gasteiger partial charge in [-0.15, -0.1) is 11.3 Å². The second-order valence-electron chi connectivity index (χ2n) is 6.60. The molecule has 0 radical (unpaired) electrons. The van der Waals surface area contributed by atoms with Crippen molar-refractivity contribution < 1.29 is 9.53 Å². The summed E-state index contributed by atoms with van der Waals surface area (Å²) in [7, 11) is 0. The molecule has 1 saturated carbocycles. The molecule has 22 heavy (non-hydrogen) atoms. The summed E-state index contributed by atoms with van der Waals surface area (Å²) in [6.45, 7) is 7.01. The van der Waals surface area contributed by atoms with Gasteiger partial charge in [0, 0.05) is 24.0 Å². The number of hydrogen-bond donors (Lipinski definition) is 2. The van der Waals surface area contributed by atoms with Crippen LogP contribution in [0.5, 0.6) is 0 Å². The Morgan fingerprint density at radius 2 is 2.23 bits per heavy atom. The summed E-state index contributed by atoms with van der Waals surface area (Å²) in [6, 6.07) is 6.04. The fraction of sp³-hybridized carbons (Fsp3) is 0.625. The van der Waals surface area contributed by atoms with Crippen molar-refractivity contribution in [1.82, 2.24) is 10.6 Å². The van der Waals surface area contributed by atoms with Gasteiger partial charge in [0.25, 0.3) is 0 Å². The van der Waals surface area contributed by atoms with Crippen molar-refractivity contribution in [1.29, 1.82) is 5.26 Å². The Balaban J connectivity index is 1.77. The monoisotopic (exact) mass is 321 g/mol. The number of nitrogens with one attached hydrogen (secondary N) is 2. The smallest absolute Gasteiger partial charge is 0.407 e. The molecule has 2 N–H and O–H groups in total. The third-order valence-corrected chi connectivity index (χ3v) is 4.32. The van der Waals surface area contributed by atoms with Crippen LogP contribution in [0.15, 0.2) is 12.1 Å². The van der Waals surface area contributed by atoms with Crippen LogP contribution >= 0.6 is 11.3 Å². The molecule has 1 aliphatic rings. The molecule has 2 rings (SSSR count). The summed E-state index contributed by atoms with van der Waals surface area (Å²) in [4.78, 5) is 13.7. The summed E-state index contributed by atoms with van der Waals surface area (Å²) in [5, 5.41) is 15.1. The third kappa shape index (κ3) is 5.66. The zero-order valence-electron chi connectivity index (χ0n) is 13.3. The Labute approximate surface area is 135 Å². The molecule has 6 heteroatoms. The van der Waals surface area contributed by atoms with Gasteiger partial charge in [-0.3, -0.25) is 0 Å². The second kappa shape index (κ2) is 7.12. The fourth-order valence-corrected chi connectivity index (χ4v) is 2.95. The van der Waals surface area contributed by atoms with Crippen LogP contribution in [-0.4, -0.2) is 24.3 Å². The van der Waals surface area contributed by atoms with E-state index in [1.165, 1.54) is 11.3 Å². The van der Waals surface area contributed by atoms with Crippen molar-refractivity contribution >= 4 is 17.4 Å². The number of hydrogen-bond acceptors (Lipinski definition) is 5. The zero-order valence-corrected chi connectivity index (χ0v) is 14.1. The van der Waals surface area contributed by atoms with Gasteiger partial charge in [-0.25, -0.2) is 4.79 Å². The van der Waals surface area contributed by atoms with Gasteiger partial charge in [0.1, 0.15) is 16.5 Å². The van der Waals surface area contributed by atoms with Crippen molar-refractivity contribution in [3.05, 3.63) is 21.9 Å². The van der Waals surface area contributed by atoms with Gasteiger partial charge in [0.15, 0.2) is 0 Å². The average Bonchev–Trinajstić information content (AvgIpc) is 3.15. The lowest BCUT2D eigenvalue weighted by molar-refractivity contribution is 0.0497. The van der Waals surface area contributed by atoms with E-state index in [-0.39, 0.29) is 12.1 Å². The van der Waals surface area contributed by atoms with Gasteiger partial charge in [0.2, 0.25) is 0 Å². The van der Waals surface area contributed by atoms with Crippen molar-refractivity contribution in [3.8, 4) is 6.07 Å². The average molecular weight is 321 g/mol. The predicted octanol–water partition coefficient (Wildman–Crippen LogP) is 3.01. The first kappa shape index (κ1) is 16.8. The molecular formula is C16H23N3O2S. The third-order valence-electron chi connectivity index (χ3n) is 3.33. The van der Waals surface area contributed by atoms with Crippen molar-refractivity contribution in [2.45, 2.75) is 51.8 Å². The molecule has 1 aromatic rings. The Kier molecular flexibility index (Phi) is 5.43. The van der Waals surface area contributed by atoms with Crippen molar-refractivity contribution in [2.75, 3.05) is 6.54 Å². The Morgan fingerprint density at radius 1 is 1.50 bits per heavy atom. The molecule has 120 valence electrons. The van der Waals surface area contributed by atoms with E-state index in [4.69, 9.17) is 10.00 Å². The lowest BCUT2D eigenvalue weighted by atomic mass is 10.2. The van der Waals surface area contributed by atoms with Gasteiger partial charge < -0.3 is 15.4 Å². The topological polar surface area (TPSA) is 74.2 Å². The standard InChI is InChI=1S/C16H23N3O2S/c1-16(2,3)21-15(20)19-14(11-4-5-11)10-18-9-13-7-6-12(8-17)22-13/h6-7,11,14,18H,4-5,9-10H2,1-3H3,(H,19,20). The molecule has 0 saturated heterocycles. The van der Waals surface area contributed by atoms with Crippen LogP contribution in [-0.2, 0) is 11.3 Å². The maximum atomic E-state index is 11.9. The van der Waals surface area contributed by atoms with Gasteiger partial charge in [-0.2, -0.15) is 5.26 Å². The molecule has 0 spiro atoms. The quantitative estimate of drug-likeness (QED) is 0.844. The summed E-state index contributed by atoms with van der Waals surface area (Å²) < 4.78 is 5.32. The number of thiophene rings is 1. The highest BCUT2D eigenvalue weighted by Crippen LogP contribution is 2.32. The van der Waals surface area contributed by atoms with Crippen molar-refractivity contribution in [2.24, 2.45) is 5.92 Å². The minimum Gasteiger partial charge on any atom is -0.444 e. The van der Waals surface area contributed by atoms with Gasteiger partial charge >= 0.3 is 6.09 Å². The summed E-state index contributed by atoms with van der Waals surface area (Å²) in [5.74, 6) is 0.540. The van der Waals surface area contributed by atoms with Crippen molar-refractivity contribution in [3.63, 3.8) is 0 Å². The van der Waals surface area contributed by atoms with E-state index in [2.05, 4.69) is 16.7 Å². The summed E-state index contributed by atoms with van der Waals surface area (Å²) in [6.07, 6.45) is 1.95. The van der Waals surface area contributed by atoms with Crippen LogP contribution in [0.4, 0.5) is 4.79 Å². The number of ether oxygens (including phenoxy) is 1. The van der Waals surface area contributed by atoms with Gasteiger partial charge in [0.05, 0.1) is 0 Å². The maximum Gasteiger partial charge on any atom is 0.407 e. The van der Waals surface area contributed by atoms with Crippen LogP contribution in [0.1, 0.15) is 43.4 Å². The number of carbonyl (C=O) groups excluding carboxylic acids is 1. The van der Waals surface area contributed by atoms with Crippen LogP contribution in [0.2, 0.25) is 0 Å². The lowest BCUT2D eigenvalue weighted by Crippen LogP contribution is -2.45. The first-order valence-corrected chi connectivity index (χ1v) is 8.38. The molecule has 1 heterocycles.